The van der Waals surface area contributed by atoms with Gasteiger partial charge in [0, 0.05) is 13.0 Å². The number of aromatic nitrogens is 1. The van der Waals surface area contributed by atoms with Crippen molar-refractivity contribution in [2.45, 2.75) is 39.7 Å². The fraction of sp³-hybridized carbons (Fsp3) is 0.529. The molecule has 1 N–H and O–H groups in total. The SMILES string of the molecule is CCC(=O)Nc1nc2ccc(CN3CCC(C)CC3)cc2s1. The average Bonchev–Trinajstić information content (AvgIpc) is 2.91. The Balaban J connectivity index is 1.71. The molecule has 1 aliphatic rings. The molecule has 0 saturated carbocycles. The van der Waals surface area contributed by atoms with Crippen molar-refractivity contribution in [3.63, 3.8) is 0 Å². The van der Waals surface area contributed by atoms with Crippen LogP contribution in [0.15, 0.2) is 18.2 Å². The van der Waals surface area contributed by atoms with E-state index in [-0.39, 0.29) is 5.91 Å². The van der Waals surface area contributed by atoms with Gasteiger partial charge < -0.3 is 5.32 Å². The van der Waals surface area contributed by atoms with Crippen molar-refractivity contribution in [3.05, 3.63) is 23.8 Å². The lowest BCUT2D eigenvalue weighted by molar-refractivity contribution is -0.115. The first-order chi connectivity index (χ1) is 10.6. The van der Waals surface area contributed by atoms with Crippen LogP contribution in [0.5, 0.6) is 0 Å². The molecule has 0 bridgehead atoms. The van der Waals surface area contributed by atoms with Crippen LogP contribution in [0.1, 0.15) is 38.7 Å². The van der Waals surface area contributed by atoms with Crippen LogP contribution in [0, 0.1) is 5.92 Å². The number of hydrogen-bond acceptors (Lipinski definition) is 4. The van der Waals surface area contributed by atoms with Crippen LogP contribution in [0.25, 0.3) is 10.2 Å². The van der Waals surface area contributed by atoms with Gasteiger partial charge in [-0.3, -0.25) is 9.69 Å². The summed E-state index contributed by atoms with van der Waals surface area (Å²) in [6.45, 7) is 7.59. The van der Waals surface area contributed by atoms with E-state index in [9.17, 15) is 4.79 Å². The van der Waals surface area contributed by atoms with E-state index in [1.165, 1.54) is 31.5 Å². The van der Waals surface area contributed by atoms with Crippen LogP contribution in [-0.4, -0.2) is 28.9 Å². The summed E-state index contributed by atoms with van der Waals surface area (Å²) >= 11 is 1.56. The molecule has 0 radical (unpaired) electrons. The monoisotopic (exact) mass is 317 g/mol. The predicted octanol–water partition coefficient (Wildman–Crippen LogP) is 3.88. The number of carbonyl (C=O) groups is 1. The number of likely N-dealkylation sites (tertiary alicyclic amines) is 1. The van der Waals surface area contributed by atoms with Crippen molar-refractivity contribution < 1.29 is 4.79 Å². The number of piperidine rings is 1. The van der Waals surface area contributed by atoms with E-state index in [1.807, 2.05) is 6.92 Å². The minimum absolute atomic E-state index is 0.0155. The van der Waals surface area contributed by atoms with Crippen LogP contribution >= 0.6 is 11.3 Å². The van der Waals surface area contributed by atoms with E-state index in [0.717, 1.165) is 22.7 Å². The van der Waals surface area contributed by atoms with Gasteiger partial charge in [0.25, 0.3) is 0 Å². The fourth-order valence-electron chi connectivity index (χ4n) is 2.81. The summed E-state index contributed by atoms with van der Waals surface area (Å²) in [5, 5.41) is 3.54. The Labute approximate surface area is 135 Å². The third-order valence-corrected chi connectivity index (χ3v) is 5.24. The first kappa shape index (κ1) is 15.4. The molecule has 4 nitrogen and oxygen atoms in total. The van der Waals surface area contributed by atoms with Crippen LogP contribution < -0.4 is 5.32 Å². The van der Waals surface area contributed by atoms with Crippen molar-refractivity contribution in [2.24, 2.45) is 5.92 Å². The highest BCUT2D eigenvalue weighted by Crippen LogP contribution is 2.28. The molecule has 0 unspecified atom stereocenters. The maximum Gasteiger partial charge on any atom is 0.225 e. The highest BCUT2D eigenvalue weighted by molar-refractivity contribution is 7.22. The predicted molar refractivity (Wildman–Crippen MR) is 92.2 cm³/mol. The summed E-state index contributed by atoms with van der Waals surface area (Å²) in [6.07, 6.45) is 3.08. The van der Waals surface area contributed by atoms with Gasteiger partial charge in [-0.2, -0.15) is 0 Å². The third-order valence-electron chi connectivity index (χ3n) is 4.30. The second-order valence-corrected chi connectivity index (χ2v) is 7.21. The van der Waals surface area contributed by atoms with Crippen LogP contribution in [0.3, 0.4) is 0 Å². The molecule has 22 heavy (non-hydrogen) atoms. The van der Waals surface area contributed by atoms with Crippen molar-refractivity contribution in [1.29, 1.82) is 0 Å². The van der Waals surface area contributed by atoms with Crippen molar-refractivity contribution in [2.75, 3.05) is 18.4 Å². The smallest absolute Gasteiger partial charge is 0.225 e. The highest BCUT2D eigenvalue weighted by Gasteiger charge is 2.16. The maximum atomic E-state index is 11.5. The molecule has 3 rings (SSSR count). The van der Waals surface area contributed by atoms with Crippen LogP contribution in [0.2, 0.25) is 0 Å². The zero-order valence-electron chi connectivity index (χ0n) is 13.3. The van der Waals surface area contributed by atoms with Gasteiger partial charge in [-0.25, -0.2) is 4.98 Å². The second kappa shape index (κ2) is 6.75. The zero-order valence-corrected chi connectivity index (χ0v) is 14.1. The Kier molecular flexibility index (Phi) is 4.74. The molecule has 0 aliphatic carbocycles. The Hall–Kier alpha value is -1.46. The normalized spacial score (nSPS) is 17.0. The van der Waals surface area contributed by atoms with Crippen molar-refractivity contribution >= 4 is 32.6 Å². The molecule has 1 saturated heterocycles. The molecule has 1 aliphatic heterocycles. The zero-order chi connectivity index (χ0) is 15.5. The first-order valence-corrected chi connectivity index (χ1v) is 8.87. The number of rotatable bonds is 4. The lowest BCUT2D eigenvalue weighted by Gasteiger charge is -2.30. The summed E-state index contributed by atoms with van der Waals surface area (Å²) in [5.74, 6) is 0.881. The van der Waals surface area contributed by atoms with Gasteiger partial charge in [0.05, 0.1) is 10.2 Å². The van der Waals surface area contributed by atoms with Crippen LogP contribution in [-0.2, 0) is 11.3 Å². The largest absolute Gasteiger partial charge is 0.302 e. The number of benzene rings is 1. The molecule has 5 heteroatoms. The molecule has 1 aromatic heterocycles. The molecule has 1 fully saturated rings. The first-order valence-electron chi connectivity index (χ1n) is 8.05. The molecule has 1 aromatic carbocycles. The number of amides is 1. The summed E-state index contributed by atoms with van der Waals surface area (Å²) < 4.78 is 1.15. The summed E-state index contributed by atoms with van der Waals surface area (Å²) in [4.78, 5) is 18.5. The summed E-state index contributed by atoms with van der Waals surface area (Å²) in [5.41, 5.74) is 2.30. The molecule has 2 aromatic rings. The quantitative estimate of drug-likeness (QED) is 0.931. The van der Waals surface area contributed by atoms with Gasteiger partial charge in [0.1, 0.15) is 0 Å². The van der Waals surface area contributed by atoms with E-state index in [4.69, 9.17) is 0 Å². The van der Waals surface area contributed by atoms with Crippen molar-refractivity contribution in [3.8, 4) is 0 Å². The molecule has 2 heterocycles. The lowest BCUT2D eigenvalue weighted by atomic mass is 9.99. The summed E-state index contributed by atoms with van der Waals surface area (Å²) in [6, 6.07) is 6.44. The average molecular weight is 317 g/mol. The topological polar surface area (TPSA) is 45.2 Å². The molecule has 118 valence electrons. The van der Waals surface area contributed by atoms with Gasteiger partial charge in [-0.1, -0.05) is 31.3 Å². The molecule has 1 amide bonds. The number of fused-ring (bicyclic) bond motifs is 1. The third kappa shape index (κ3) is 3.65. The minimum Gasteiger partial charge on any atom is -0.302 e. The number of nitrogens with zero attached hydrogens (tertiary/aromatic N) is 2. The number of anilines is 1. The standard InChI is InChI=1S/C17H23N3OS/c1-3-16(21)19-17-18-14-5-4-13(10-15(14)22-17)11-20-8-6-12(2)7-9-20/h4-5,10,12H,3,6-9,11H2,1-2H3,(H,18,19,21). The Morgan fingerprint density at radius 1 is 1.41 bits per heavy atom. The fourth-order valence-corrected chi connectivity index (χ4v) is 3.75. The number of hydrogen-bond donors (Lipinski definition) is 1. The maximum absolute atomic E-state index is 11.5. The molecular weight excluding hydrogens is 294 g/mol. The molecule has 0 atom stereocenters. The summed E-state index contributed by atoms with van der Waals surface area (Å²) in [7, 11) is 0. The number of carbonyl (C=O) groups excluding carboxylic acids is 1. The van der Waals surface area contributed by atoms with Gasteiger partial charge in [-0.05, 0) is 49.5 Å². The lowest BCUT2D eigenvalue weighted by Crippen LogP contribution is -2.32. The Morgan fingerprint density at radius 2 is 2.18 bits per heavy atom. The minimum atomic E-state index is 0.0155. The van der Waals surface area contributed by atoms with E-state index in [2.05, 4.69) is 40.3 Å². The highest BCUT2D eigenvalue weighted by atomic mass is 32.1. The van der Waals surface area contributed by atoms with Crippen molar-refractivity contribution in [1.82, 2.24) is 9.88 Å². The number of nitrogens with one attached hydrogen (secondary N) is 1. The van der Waals surface area contributed by atoms with Gasteiger partial charge in [-0.15, -0.1) is 0 Å². The van der Waals surface area contributed by atoms with E-state index < -0.39 is 0 Å². The Bertz CT molecular complexity index is 659. The second-order valence-electron chi connectivity index (χ2n) is 6.18. The van der Waals surface area contributed by atoms with Gasteiger partial charge in [0.2, 0.25) is 5.91 Å². The van der Waals surface area contributed by atoms with Gasteiger partial charge >= 0.3 is 0 Å². The molecule has 0 spiro atoms. The van der Waals surface area contributed by atoms with E-state index >= 15 is 0 Å². The van der Waals surface area contributed by atoms with E-state index in [1.54, 1.807) is 11.3 Å². The molecular formula is C17H23N3OS. The van der Waals surface area contributed by atoms with Gasteiger partial charge in [0.15, 0.2) is 5.13 Å². The Morgan fingerprint density at radius 3 is 2.91 bits per heavy atom. The van der Waals surface area contributed by atoms with E-state index in [0.29, 0.717) is 11.6 Å². The number of thiazole rings is 1. The van der Waals surface area contributed by atoms with Crippen LogP contribution in [0.4, 0.5) is 5.13 Å².